The first-order chi connectivity index (χ1) is 8.73. The summed E-state index contributed by atoms with van der Waals surface area (Å²) in [6.07, 6.45) is 7.07. The monoisotopic (exact) mass is 266 g/mol. The minimum atomic E-state index is 0.275. The molecular formula is C13H22N4S. The number of aryl methyl sites for hydroxylation is 1. The van der Waals surface area contributed by atoms with Gasteiger partial charge in [0.15, 0.2) is 0 Å². The van der Waals surface area contributed by atoms with E-state index in [1.165, 1.54) is 0 Å². The minimum absolute atomic E-state index is 0.275. The summed E-state index contributed by atoms with van der Waals surface area (Å²) in [5.74, 6) is 1.06. The Balaban J connectivity index is 2.04. The molecule has 2 rings (SSSR count). The molecule has 1 aromatic heterocycles. The van der Waals surface area contributed by atoms with Crippen molar-refractivity contribution in [3.05, 3.63) is 18.1 Å². The second-order valence-corrected chi connectivity index (χ2v) is 6.07. The van der Waals surface area contributed by atoms with Gasteiger partial charge in [0, 0.05) is 36.1 Å². The molecule has 18 heavy (non-hydrogen) atoms. The zero-order valence-electron chi connectivity index (χ0n) is 11.2. The number of rotatable bonds is 4. The van der Waals surface area contributed by atoms with Gasteiger partial charge in [0.25, 0.3) is 0 Å². The predicted molar refractivity (Wildman–Crippen MR) is 78.2 cm³/mol. The van der Waals surface area contributed by atoms with Crippen molar-refractivity contribution < 1.29 is 0 Å². The summed E-state index contributed by atoms with van der Waals surface area (Å²) in [6, 6.07) is 2.11. The van der Waals surface area contributed by atoms with Crippen LogP contribution in [-0.2, 0) is 6.42 Å². The molecule has 0 bridgehead atoms. The lowest BCUT2D eigenvalue weighted by Gasteiger charge is -2.40. The maximum atomic E-state index is 5.91. The van der Waals surface area contributed by atoms with Crippen LogP contribution in [0.2, 0.25) is 0 Å². The van der Waals surface area contributed by atoms with Crippen LogP contribution in [0.25, 0.3) is 0 Å². The van der Waals surface area contributed by atoms with Gasteiger partial charge >= 0.3 is 0 Å². The van der Waals surface area contributed by atoms with Crippen molar-refractivity contribution in [1.82, 2.24) is 9.97 Å². The molecule has 0 amide bonds. The van der Waals surface area contributed by atoms with E-state index in [9.17, 15) is 0 Å². The first-order valence-corrected chi connectivity index (χ1v) is 7.76. The second kappa shape index (κ2) is 5.89. The third-order valence-corrected chi connectivity index (χ3v) is 5.32. The predicted octanol–water partition coefficient (Wildman–Crippen LogP) is 1.70. The summed E-state index contributed by atoms with van der Waals surface area (Å²) in [7, 11) is 0. The highest BCUT2D eigenvalue weighted by Gasteiger charge is 2.32. The lowest BCUT2D eigenvalue weighted by molar-refractivity contribution is 0.455. The van der Waals surface area contributed by atoms with E-state index in [4.69, 9.17) is 5.73 Å². The van der Waals surface area contributed by atoms with Gasteiger partial charge in [0.05, 0.1) is 0 Å². The molecule has 0 radical (unpaired) electrons. The fraction of sp³-hybridized carbons (Fsp3) is 0.692. The van der Waals surface area contributed by atoms with Gasteiger partial charge in [-0.25, -0.2) is 9.97 Å². The molecule has 0 spiro atoms. The maximum absolute atomic E-state index is 5.91. The van der Waals surface area contributed by atoms with Gasteiger partial charge in [-0.1, -0.05) is 6.92 Å². The highest BCUT2D eigenvalue weighted by atomic mass is 32.2. The number of nitrogens with two attached hydrogens (primary N) is 1. The molecule has 0 atom stereocenters. The molecule has 1 fully saturated rings. The quantitative estimate of drug-likeness (QED) is 0.899. The van der Waals surface area contributed by atoms with Gasteiger partial charge in [-0.2, -0.15) is 11.8 Å². The molecule has 1 saturated heterocycles. The summed E-state index contributed by atoms with van der Waals surface area (Å²) >= 11 is 1.91. The number of piperidine rings is 1. The minimum Gasteiger partial charge on any atom is -0.356 e. The number of hydrogen-bond donors (Lipinski definition) is 1. The number of anilines is 1. The Bertz CT molecular complexity index is 382. The Morgan fingerprint density at radius 1 is 1.39 bits per heavy atom. The standard InChI is InChI=1S/C13H22N4S/c1-3-11-8-12(16-10-15-11)17-6-4-13(9-14,18-2)5-7-17/h8,10H,3-7,9,14H2,1-2H3. The van der Waals surface area contributed by atoms with Crippen LogP contribution in [0.5, 0.6) is 0 Å². The fourth-order valence-electron chi connectivity index (χ4n) is 2.39. The lowest BCUT2D eigenvalue weighted by Crippen LogP contribution is -2.46. The number of hydrogen-bond acceptors (Lipinski definition) is 5. The summed E-state index contributed by atoms with van der Waals surface area (Å²) in [5, 5.41) is 0. The molecule has 1 aliphatic rings. The molecule has 0 aromatic carbocycles. The summed E-state index contributed by atoms with van der Waals surface area (Å²) in [4.78, 5) is 11.0. The van der Waals surface area contributed by atoms with Crippen LogP contribution in [-0.4, -0.2) is 40.6 Å². The van der Waals surface area contributed by atoms with Gasteiger partial charge < -0.3 is 10.6 Å². The van der Waals surface area contributed by atoms with Crippen LogP contribution in [0, 0.1) is 0 Å². The number of aromatic nitrogens is 2. The van der Waals surface area contributed by atoms with Crippen molar-refractivity contribution in [2.75, 3.05) is 30.8 Å². The average molecular weight is 266 g/mol. The van der Waals surface area contributed by atoms with Gasteiger partial charge in [-0.05, 0) is 25.5 Å². The van der Waals surface area contributed by atoms with Crippen LogP contribution in [0.3, 0.4) is 0 Å². The van der Waals surface area contributed by atoms with E-state index in [0.717, 1.165) is 50.4 Å². The highest BCUT2D eigenvalue weighted by molar-refractivity contribution is 8.00. The van der Waals surface area contributed by atoms with E-state index < -0.39 is 0 Å². The molecule has 100 valence electrons. The van der Waals surface area contributed by atoms with Crippen LogP contribution >= 0.6 is 11.8 Å². The SMILES string of the molecule is CCc1cc(N2CCC(CN)(SC)CC2)ncn1. The Morgan fingerprint density at radius 2 is 2.11 bits per heavy atom. The van der Waals surface area contributed by atoms with Gasteiger partial charge in [-0.3, -0.25) is 0 Å². The zero-order valence-corrected chi connectivity index (χ0v) is 12.0. The van der Waals surface area contributed by atoms with Crippen molar-refractivity contribution in [2.24, 2.45) is 5.73 Å². The smallest absolute Gasteiger partial charge is 0.132 e. The number of nitrogens with zero attached hydrogens (tertiary/aromatic N) is 3. The average Bonchev–Trinajstić information content (AvgIpc) is 2.47. The molecule has 4 nitrogen and oxygen atoms in total. The van der Waals surface area contributed by atoms with E-state index in [-0.39, 0.29) is 4.75 Å². The van der Waals surface area contributed by atoms with Crippen molar-refractivity contribution >= 4 is 17.6 Å². The number of thioether (sulfide) groups is 1. The Labute approximate surface area is 113 Å². The van der Waals surface area contributed by atoms with Crippen LogP contribution < -0.4 is 10.6 Å². The van der Waals surface area contributed by atoms with Crippen molar-refractivity contribution in [3.8, 4) is 0 Å². The van der Waals surface area contributed by atoms with Gasteiger partial charge in [-0.15, -0.1) is 0 Å². The molecule has 0 unspecified atom stereocenters. The van der Waals surface area contributed by atoms with E-state index >= 15 is 0 Å². The molecule has 5 heteroatoms. The molecule has 2 N–H and O–H groups in total. The molecule has 2 heterocycles. The largest absolute Gasteiger partial charge is 0.356 e. The third kappa shape index (κ3) is 2.78. The molecule has 1 aliphatic heterocycles. The molecular weight excluding hydrogens is 244 g/mol. The summed E-state index contributed by atoms with van der Waals surface area (Å²) < 4.78 is 0.275. The molecule has 0 aliphatic carbocycles. The molecule has 0 saturated carbocycles. The second-order valence-electron chi connectivity index (χ2n) is 4.80. The van der Waals surface area contributed by atoms with Crippen molar-refractivity contribution in [3.63, 3.8) is 0 Å². The first-order valence-electron chi connectivity index (χ1n) is 6.54. The first kappa shape index (κ1) is 13.6. The fourth-order valence-corrected chi connectivity index (χ4v) is 3.14. The maximum Gasteiger partial charge on any atom is 0.132 e. The normalized spacial score (nSPS) is 18.9. The topological polar surface area (TPSA) is 55.0 Å². The Hall–Kier alpha value is -0.810. The molecule has 1 aromatic rings. The summed E-state index contributed by atoms with van der Waals surface area (Å²) in [6.45, 7) is 4.97. The van der Waals surface area contributed by atoms with E-state index in [1.807, 2.05) is 11.8 Å². The van der Waals surface area contributed by atoms with Gasteiger partial charge in [0.1, 0.15) is 12.1 Å². The van der Waals surface area contributed by atoms with E-state index in [1.54, 1.807) is 6.33 Å². The van der Waals surface area contributed by atoms with Crippen LogP contribution in [0.4, 0.5) is 5.82 Å². The van der Waals surface area contributed by atoms with Crippen molar-refractivity contribution in [2.45, 2.75) is 30.9 Å². The zero-order chi connectivity index (χ0) is 13.0. The van der Waals surface area contributed by atoms with Crippen LogP contribution in [0.15, 0.2) is 12.4 Å². The van der Waals surface area contributed by atoms with Crippen molar-refractivity contribution in [1.29, 1.82) is 0 Å². The van der Waals surface area contributed by atoms with E-state index in [0.29, 0.717) is 0 Å². The third-order valence-electron chi connectivity index (χ3n) is 3.88. The summed E-state index contributed by atoms with van der Waals surface area (Å²) in [5.41, 5.74) is 7.03. The lowest BCUT2D eigenvalue weighted by atomic mass is 9.96. The van der Waals surface area contributed by atoms with Gasteiger partial charge in [0.2, 0.25) is 0 Å². The van der Waals surface area contributed by atoms with E-state index in [2.05, 4.69) is 34.1 Å². The Morgan fingerprint density at radius 3 is 2.67 bits per heavy atom. The Kier molecular flexibility index (Phi) is 4.45. The highest BCUT2D eigenvalue weighted by Crippen LogP contribution is 2.34. The van der Waals surface area contributed by atoms with Crippen LogP contribution in [0.1, 0.15) is 25.5 Å².